The fourth-order valence-corrected chi connectivity index (χ4v) is 3.96. The van der Waals surface area contributed by atoms with Crippen LogP contribution in [-0.2, 0) is 24.6 Å². The van der Waals surface area contributed by atoms with Crippen LogP contribution in [0.2, 0.25) is 0 Å². The van der Waals surface area contributed by atoms with Crippen LogP contribution in [0.4, 0.5) is 18.9 Å². The van der Waals surface area contributed by atoms with Crippen LogP contribution >= 0.6 is 0 Å². The van der Waals surface area contributed by atoms with E-state index in [2.05, 4.69) is 55.3 Å². The van der Waals surface area contributed by atoms with Gasteiger partial charge in [-0.2, -0.15) is 13.2 Å². The number of likely N-dealkylation sites (tertiary alicyclic amines) is 1. The number of aldehydes is 2. The van der Waals surface area contributed by atoms with Gasteiger partial charge in [0.2, 0.25) is 5.91 Å². The highest BCUT2D eigenvalue weighted by molar-refractivity contribution is 5.85. The minimum atomic E-state index is -4.87. The van der Waals surface area contributed by atoms with Gasteiger partial charge in [-0.25, -0.2) is 0 Å². The molecule has 2 aromatic rings. The lowest BCUT2D eigenvalue weighted by Gasteiger charge is -2.27. The van der Waals surface area contributed by atoms with Crippen molar-refractivity contribution in [1.29, 1.82) is 0 Å². The summed E-state index contributed by atoms with van der Waals surface area (Å²) < 4.78 is 35.7. The van der Waals surface area contributed by atoms with Gasteiger partial charge < -0.3 is 29.6 Å². The van der Waals surface area contributed by atoms with Gasteiger partial charge in [-0.05, 0) is 54.6 Å². The highest BCUT2D eigenvalue weighted by Gasteiger charge is 2.45. The number of carbonyl (C=O) groups excluding carboxylic acids is 4. The topological polar surface area (TPSA) is 103 Å². The summed E-state index contributed by atoms with van der Waals surface area (Å²) in [6, 6.07) is 10.9. The maximum atomic E-state index is 11.9. The van der Waals surface area contributed by atoms with Crippen LogP contribution in [0.25, 0.3) is 0 Å². The monoisotopic (exact) mass is 593 g/mol. The number of hydrogen-bond acceptors (Lipinski definition) is 7. The van der Waals surface area contributed by atoms with Gasteiger partial charge in [-0.3, -0.25) is 14.6 Å². The largest absolute Gasteiger partial charge is 0.471 e. The maximum absolute atomic E-state index is 11.9. The molecule has 2 unspecified atom stereocenters. The number of nitrogens with one attached hydrogen (secondary N) is 1. The highest BCUT2D eigenvalue weighted by Crippen LogP contribution is 2.28. The van der Waals surface area contributed by atoms with Crippen molar-refractivity contribution in [2.24, 2.45) is 0 Å². The van der Waals surface area contributed by atoms with Crippen LogP contribution in [0, 0.1) is 0 Å². The average molecular weight is 594 g/mol. The van der Waals surface area contributed by atoms with Crippen molar-refractivity contribution in [3.05, 3.63) is 59.9 Å². The fourth-order valence-electron chi connectivity index (χ4n) is 3.96. The van der Waals surface area contributed by atoms with Gasteiger partial charge in [0.25, 0.3) is 0 Å². The molecule has 1 aliphatic heterocycles. The second kappa shape index (κ2) is 16.6. The number of anilines is 1. The van der Waals surface area contributed by atoms with E-state index in [1.54, 1.807) is 38.4 Å². The zero-order valence-corrected chi connectivity index (χ0v) is 25.3. The molecule has 1 N–H and O–H groups in total. The molecule has 0 spiro atoms. The molecule has 1 aromatic carbocycles. The zero-order valence-electron chi connectivity index (χ0n) is 25.3. The second-order valence-corrected chi connectivity index (χ2v) is 10.9. The Morgan fingerprint density at radius 1 is 1.10 bits per heavy atom. The van der Waals surface area contributed by atoms with E-state index in [1.807, 2.05) is 24.1 Å². The van der Waals surface area contributed by atoms with Crippen molar-refractivity contribution in [3.63, 3.8) is 0 Å². The summed E-state index contributed by atoms with van der Waals surface area (Å²) >= 11 is 0. The molecule has 9 nitrogen and oxygen atoms in total. The smallest absolute Gasteiger partial charge is 0.361 e. The number of halogens is 3. The molecule has 2 amide bonds. The number of benzene rings is 1. The molecule has 42 heavy (non-hydrogen) atoms. The van der Waals surface area contributed by atoms with Gasteiger partial charge in [0.05, 0.1) is 12.6 Å². The molecule has 0 saturated carbocycles. The summed E-state index contributed by atoms with van der Waals surface area (Å²) in [5.74, 6) is -1.81. The summed E-state index contributed by atoms with van der Waals surface area (Å²) in [6.07, 6.45) is 0.691. The number of rotatable bonds is 7. The molecule has 232 valence electrons. The van der Waals surface area contributed by atoms with Crippen LogP contribution in [0.15, 0.2) is 48.8 Å². The molecule has 1 fully saturated rings. The third-order valence-corrected chi connectivity index (χ3v) is 6.50. The number of pyridine rings is 1. The Morgan fingerprint density at radius 3 is 2.12 bits per heavy atom. The Bertz CT molecular complexity index is 1140. The van der Waals surface area contributed by atoms with E-state index in [0.717, 1.165) is 17.5 Å². The minimum Gasteiger partial charge on any atom is -0.361 e. The SMILES string of the molecule is CN(c1ccc(C(C)(C)C)cc1)C(C=O)c1cccnc1.CNCC(=O)N(C)C.O=CC1CCCN1C(=O)C(F)(F)F. The van der Waals surface area contributed by atoms with Crippen LogP contribution in [0.1, 0.15) is 50.8 Å². The standard InChI is InChI=1S/C18H22N2O.C7H8F3NO2.C5H12N2O/c1-18(2,3)15-7-9-16(10-8-15)20(4)17(13-21)14-6-5-11-19-12-14;8-7(9,10)6(13)11-3-1-2-5(11)4-12;1-6-4-5(8)7(2)3/h5-13,17H,1-4H3;4-5H,1-3H2;6H,4H2,1-3H3. The Morgan fingerprint density at radius 2 is 1.71 bits per heavy atom. The van der Waals surface area contributed by atoms with Crippen LogP contribution < -0.4 is 10.2 Å². The number of hydrogen-bond donors (Lipinski definition) is 1. The van der Waals surface area contributed by atoms with Crippen molar-refractivity contribution in [2.45, 2.75) is 57.3 Å². The summed E-state index contributed by atoms with van der Waals surface area (Å²) in [5.41, 5.74) is 3.33. The molecule has 1 aliphatic rings. The average Bonchev–Trinajstić information content (AvgIpc) is 3.42. The number of alkyl halides is 3. The van der Waals surface area contributed by atoms with Crippen molar-refractivity contribution >= 4 is 30.1 Å². The molecule has 0 aliphatic carbocycles. The number of amides is 2. The third-order valence-electron chi connectivity index (χ3n) is 6.50. The molecule has 2 atom stereocenters. The predicted molar refractivity (Wildman–Crippen MR) is 156 cm³/mol. The van der Waals surface area contributed by atoms with Crippen LogP contribution in [-0.4, -0.2) is 92.7 Å². The lowest BCUT2D eigenvalue weighted by molar-refractivity contribution is -0.186. The van der Waals surface area contributed by atoms with Crippen molar-refractivity contribution in [3.8, 4) is 0 Å². The normalized spacial score (nSPS) is 15.3. The first kappa shape index (κ1) is 36.2. The minimum absolute atomic E-state index is 0.0156. The van der Waals surface area contributed by atoms with Gasteiger partial charge in [0.1, 0.15) is 18.6 Å². The summed E-state index contributed by atoms with van der Waals surface area (Å²) in [7, 11) is 7.15. The number of aromatic nitrogens is 1. The van der Waals surface area contributed by atoms with E-state index in [4.69, 9.17) is 0 Å². The number of carbonyl (C=O) groups is 4. The van der Waals surface area contributed by atoms with E-state index in [0.29, 0.717) is 30.6 Å². The number of nitrogens with zero attached hydrogens (tertiary/aromatic N) is 4. The van der Waals surface area contributed by atoms with Gasteiger partial charge in [0.15, 0.2) is 0 Å². The van der Waals surface area contributed by atoms with Crippen LogP contribution in [0.5, 0.6) is 0 Å². The quantitative estimate of drug-likeness (QED) is 0.488. The Labute approximate surface area is 246 Å². The van der Waals surface area contributed by atoms with E-state index in [-0.39, 0.29) is 23.9 Å². The van der Waals surface area contributed by atoms with Crippen molar-refractivity contribution in [1.82, 2.24) is 20.1 Å². The lowest BCUT2D eigenvalue weighted by atomic mass is 9.87. The van der Waals surface area contributed by atoms with Gasteiger partial charge in [-0.1, -0.05) is 39.0 Å². The Kier molecular flexibility index (Phi) is 14.3. The van der Waals surface area contributed by atoms with E-state index in [1.165, 1.54) is 5.56 Å². The van der Waals surface area contributed by atoms with Crippen molar-refractivity contribution < 1.29 is 32.3 Å². The maximum Gasteiger partial charge on any atom is 0.471 e. The fraction of sp³-hybridized carbons (Fsp3) is 0.500. The predicted octanol–water partition coefficient (Wildman–Crippen LogP) is 3.79. The van der Waals surface area contributed by atoms with Gasteiger partial charge >= 0.3 is 12.1 Å². The molecule has 12 heteroatoms. The molecule has 1 saturated heterocycles. The Hall–Kier alpha value is -3.80. The molecule has 3 rings (SSSR count). The second-order valence-electron chi connectivity index (χ2n) is 10.9. The molecule has 2 heterocycles. The first-order valence-electron chi connectivity index (χ1n) is 13.4. The number of likely N-dealkylation sites (N-methyl/N-ethyl adjacent to an activating group) is 3. The van der Waals surface area contributed by atoms with E-state index in [9.17, 15) is 32.3 Å². The van der Waals surface area contributed by atoms with Gasteiger partial charge in [-0.15, -0.1) is 0 Å². The van der Waals surface area contributed by atoms with Crippen LogP contribution in [0.3, 0.4) is 0 Å². The molecule has 0 bridgehead atoms. The van der Waals surface area contributed by atoms with E-state index >= 15 is 0 Å². The summed E-state index contributed by atoms with van der Waals surface area (Å²) in [5, 5.41) is 2.76. The van der Waals surface area contributed by atoms with Gasteiger partial charge in [0, 0.05) is 45.8 Å². The van der Waals surface area contributed by atoms with E-state index < -0.39 is 18.1 Å². The van der Waals surface area contributed by atoms with Crippen molar-refractivity contribution in [2.75, 3.05) is 46.2 Å². The molecule has 0 radical (unpaired) electrons. The zero-order chi connectivity index (χ0) is 32.1. The molecule has 1 aromatic heterocycles. The first-order valence-corrected chi connectivity index (χ1v) is 13.4. The lowest BCUT2D eigenvalue weighted by Crippen LogP contribution is -2.44. The third kappa shape index (κ3) is 11.2. The summed E-state index contributed by atoms with van der Waals surface area (Å²) in [6.45, 7) is 7.01. The first-order chi connectivity index (χ1) is 19.6. The highest BCUT2D eigenvalue weighted by atomic mass is 19.4. The Balaban J connectivity index is 0.000000357. The summed E-state index contributed by atoms with van der Waals surface area (Å²) in [4.78, 5) is 51.2. The molecular weight excluding hydrogens is 551 g/mol. The molecular formula is C30H42F3N5O4.